The summed E-state index contributed by atoms with van der Waals surface area (Å²) in [6.07, 6.45) is 6.28. The number of hydrogen-bond donors (Lipinski definition) is 2. The molecule has 1 fully saturated rings. The van der Waals surface area contributed by atoms with E-state index in [9.17, 15) is 4.79 Å². The summed E-state index contributed by atoms with van der Waals surface area (Å²) < 4.78 is 5.69. The highest BCUT2D eigenvalue weighted by Gasteiger charge is 2.35. The lowest BCUT2D eigenvalue weighted by Gasteiger charge is -2.31. The zero-order valence-corrected chi connectivity index (χ0v) is 14.8. The molecule has 0 unspecified atom stereocenters. The molecule has 3 rings (SSSR count). The van der Waals surface area contributed by atoms with Gasteiger partial charge in [0.2, 0.25) is 5.91 Å². The van der Waals surface area contributed by atoms with Crippen LogP contribution in [0.25, 0.3) is 0 Å². The van der Waals surface area contributed by atoms with Gasteiger partial charge in [-0.05, 0) is 43.2 Å². The van der Waals surface area contributed by atoms with E-state index in [2.05, 4.69) is 10.3 Å². The van der Waals surface area contributed by atoms with Gasteiger partial charge in [-0.25, -0.2) is 0 Å². The van der Waals surface area contributed by atoms with Crippen LogP contribution >= 0.6 is 11.6 Å². The van der Waals surface area contributed by atoms with E-state index < -0.39 is 5.54 Å². The second-order valence-corrected chi connectivity index (χ2v) is 6.83. The van der Waals surface area contributed by atoms with Crippen LogP contribution in [0.5, 0.6) is 5.75 Å². The quantitative estimate of drug-likeness (QED) is 0.848. The van der Waals surface area contributed by atoms with E-state index in [-0.39, 0.29) is 5.91 Å². The average molecular weight is 360 g/mol. The summed E-state index contributed by atoms with van der Waals surface area (Å²) in [5, 5.41) is 3.31. The maximum Gasteiger partial charge on any atom is 0.244 e. The smallest absolute Gasteiger partial charge is 0.244 e. The van der Waals surface area contributed by atoms with Crippen molar-refractivity contribution < 1.29 is 9.53 Å². The van der Waals surface area contributed by atoms with Gasteiger partial charge < -0.3 is 15.8 Å². The lowest BCUT2D eigenvalue weighted by molar-refractivity contribution is -0.122. The largest absolute Gasteiger partial charge is 0.486 e. The predicted molar refractivity (Wildman–Crippen MR) is 98.7 cm³/mol. The Bertz CT molecular complexity index is 731. The highest BCUT2D eigenvalue weighted by molar-refractivity contribution is 6.32. The van der Waals surface area contributed by atoms with Crippen LogP contribution in [-0.4, -0.2) is 16.4 Å². The Balaban J connectivity index is 1.62. The maximum atomic E-state index is 12.5. The van der Waals surface area contributed by atoms with Crippen LogP contribution in [0.1, 0.15) is 37.8 Å². The van der Waals surface area contributed by atoms with Gasteiger partial charge in [-0.15, -0.1) is 0 Å². The van der Waals surface area contributed by atoms with Gasteiger partial charge in [0.15, 0.2) is 0 Å². The Morgan fingerprint density at radius 3 is 2.72 bits per heavy atom. The van der Waals surface area contributed by atoms with E-state index in [4.69, 9.17) is 22.1 Å². The number of ether oxygens (including phenoxy) is 1. The number of carbonyl (C=O) groups is 1. The maximum absolute atomic E-state index is 12.5. The molecule has 5 nitrogen and oxygen atoms in total. The van der Waals surface area contributed by atoms with Crippen LogP contribution in [-0.2, 0) is 11.4 Å². The van der Waals surface area contributed by atoms with Crippen molar-refractivity contribution in [1.82, 2.24) is 4.98 Å². The molecule has 0 bridgehead atoms. The fourth-order valence-electron chi connectivity index (χ4n) is 3.00. The van der Waals surface area contributed by atoms with Crippen LogP contribution in [0, 0.1) is 0 Å². The first-order chi connectivity index (χ1) is 12.1. The van der Waals surface area contributed by atoms with Gasteiger partial charge in [-0.2, -0.15) is 0 Å². The molecule has 2 aromatic rings. The lowest BCUT2D eigenvalue weighted by Crippen LogP contribution is -2.52. The molecule has 25 heavy (non-hydrogen) atoms. The van der Waals surface area contributed by atoms with Crippen molar-refractivity contribution in [1.29, 1.82) is 0 Å². The minimum absolute atomic E-state index is 0.148. The van der Waals surface area contributed by atoms with Gasteiger partial charge in [-0.3, -0.25) is 9.78 Å². The number of aromatic nitrogens is 1. The third kappa shape index (κ3) is 4.50. The van der Waals surface area contributed by atoms with E-state index in [0.717, 1.165) is 37.8 Å². The highest BCUT2D eigenvalue weighted by atomic mass is 35.5. The van der Waals surface area contributed by atoms with Crippen LogP contribution in [0.2, 0.25) is 5.02 Å². The zero-order chi connectivity index (χ0) is 17.7. The summed E-state index contributed by atoms with van der Waals surface area (Å²) in [6, 6.07) is 10.8. The van der Waals surface area contributed by atoms with Crippen molar-refractivity contribution >= 4 is 23.2 Å². The van der Waals surface area contributed by atoms with Crippen molar-refractivity contribution in [2.75, 3.05) is 5.32 Å². The molecular weight excluding hydrogens is 338 g/mol. The Morgan fingerprint density at radius 2 is 2.04 bits per heavy atom. The van der Waals surface area contributed by atoms with Crippen LogP contribution < -0.4 is 15.8 Å². The minimum atomic E-state index is -0.779. The summed E-state index contributed by atoms with van der Waals surface area (Å²) in [5.41, 5.74) is 6.91. The molecule has 1 aliphatic rings. The molecular formula is C19H22ClN3O2. The molecule has 1 aromatic heterocycles. The minimum Gasteiger partial charge on any atom is -0.486 e. The average Bonchev–Trinajstić information content (AvgIpc) is 2.62. The number of amides is 1. The molecule has 1 saturated carbocycles. The number of carbonyl (C=O) groups excluding carboxylic acids is 1. The van der Waals surface area contributed by atoms with E-state index in [1.54, 1.807) is 24.4 Å². The number of hydrogen-bond acceptors (Lipinski definition) is 4. The Hall–Kier alpha value is -2.11. The fraction of sp³-hybridized carbons (Fsp3) is 0.368. The number of anilines is 1. The summed E-state index contributed by atoms with van der Waals surface area (Å²) in [6.45, 7) is 0.332. The second-order valence-electron chi connectivity index (χ2n) is 6.43. The first-order valence-electron chi connectivity index (χ1n) is 8.49. The lowest BCUT2D eigenvalue weighted by atomic mass is 9.82. The Labute approximate surface area is 152 Å². The number of rotatable bonds is 5. The number of halogens is 1. The van der Waals surface area contributed by atoms with Gasteiger partial charge >= 0.3 is 0 Å². The fourth-order valence-corrected chi connectivity index (χ4v) is 3.23. The highest BCUT2D eigenvalue weighted by Crippen LogP contribution is 2.30. The molecule has 3 N–H and O–H groups in total. The van der Waals surface area contributed by atoms with Crippen molar-refractivity contribution in [3.05, 3.63) is 53.3 Å². The molecule has 0 spiro atoms. The molecule has 0 aliphatic heterocycles. The van der Waals surface area contributed by atoms with Crippen molar-refractivity contribution in [2.24, 2.45) is 5.73 Å². The first kappa shape index (κ1) is 17.7. The van der Waals surface area contributed by atoms with Gasteiger partial charge in [0.25, 0.3) is 0 Å². The van der Waals surface area contributed by atoms with Crippen molar-refractivity contribution in [3.63, 3.8) is 0 Å². The van der Waals surface area contributed by atoms with Gasteiger partial charge in [0, 0.05) is 11.9 Å². The monoisotopic (exact) mass is 359 g/mol. The molecule has 1 amide bonds. The third-order valence-corrected chi connectivity index (χ3v) is 4.78. The van der Waals surface area contributed by atoms with Gasteiger partial charge in [-0.1, -0.05) is 36.9 Å². The van der Waals surface area contributed by atoms with Crippen LogP contribution in [0.15, 0.2) is 42.6 Å². The van der Waals surface area contributed by atoms with Crippen molar-refractivity contribution in [3.8, 4) is 5.75 Å². The molecule has 0 atom stereocenters. The first-order valence-corrected chi connectivity index (χ1v) is 8.87. The number of nitrogens with one attached hydrogen (secondary N) is 1. The Kier molecular flexibility index (Phi) is 5.56. The zero-order valence-electron chi connectivity index (χ0n) is 14.0. The molecule has 1 heterocycles. The van der Waals surface area contributed by atoms with E-state index in [1.165, 1.54) is 0 Å². The van der Waals surface area contributed by atoms with E-state index in [1.807, 2.05) is 18.2 Å². The molecule has 132 valence electrons. The molecule has 6 heteroatoms. The number of nitrogens with zero attached hydrogens (tertiary/aromatic N) is 1. The van der Waals surface area contributed by atoms with Crippen LogP contribution in [0.4, 0.5) is 5.69 Å². The Morgan fingerprint density at radius 1 is 1.24 bits per heavy atom. The molecule has 0 saturated heterocycles. The number of pyridine rings is 1. The predicted octanol–water partition coefficient (Wildman–Crippen LogP) is 3.91. The van der Waals surface area contributed by atoms with E-state index >= 15 is 0 Å². The van der Waals surface area contributed by atoms with Gasteiger partial charge in [0.05, 0.1) is 16.3 Å². The molecule has 1 aromatic carbocycles. The topological polar surface area (TPSA) is 77.2 Å². The normalized spacial score (nSPS) is 16.2. The SMILES string of the molecule is NC1(C(=O)Nc2ccc(OCc3ccccn3)c(Cl)c2)CCCCC1. The standard InChI is InChI=1S/C19H22ClN3O2/c20-16-12-14(23-18(24)19(21)9-3-1-4-10-19)7-8-17(16)25-13-15-6-2-5-11-22-15/h2,5-8,11-12H,1,3-4,9-10,13,21H2,(H,23,24). The van der Waals surface area contributed by atoms with Gasteiger partial charge in [0.1, 0.15) is 12.4 Å². The summed E-state index contributed by atoms with van der Waals surface area (Å²) in [4.78, 5) is 16.7. The summed E-state index contributed by atoms with van der Waals surface area (Å²) in [7, 11) is 0. The third-order valence-electron chi connectivity index (χ3n) is 4.49. The van der Waals surface area contributed by atoms with Crippen molar-refractivity contribution in [2.45, 2.75) is 44.2 Å². The number of nitrogens with two attached hydrogens (primary N) is 1. The summed E-state index contributed by atoms with van der Waals surface area (Å²) >= 11 is 6.27. The van der Waals surface area contributed by atoms with E-state index in [0.29, 0.717) is 23.1 Å². The van der Waals surface area contributed by atoms with Crippen LogP contribution in [0.3, 0.4) is 0 Å². The number of benzene rings is 1. The summed E-state index contributed by atoms with van der Waals surface area (Å²) in [5.74, 6) is 0.399. The molecule has 0 radical (unpaired) electrons. The molecule has 1 aliphatic carbocycles. The second kappa shape index (κ2) is 7.85.